The fourth-order valence-corrected chi connectivity index (χ4v) is 4.87. The van der Waals surface area contributed by atoms with Gasteiger partial charge in [-0.25, -0.2) is 17.7 Å². The van der Waals surface area contributed by atoms with Crippen LogP contribution in [-0.4, -0.2) is 77.1 Å². The lowest BCUT2D eigenvalue weighted by molar-refractivity contribution is 0.102. The Morgan fingerprint density at radius 2 is 1.75 bits per heavy atom. The van der Waals surface area contributed by atoms with Crippen LogP contribution in [0.5, 0.6) is 0 Å². The van der Waals surface area contributed by atoms with Crippen molar-refractivity contribution in [1.29, 1.82) is 0 Å². The molecule has 0 aliphatic carbocycles. The van der Waals surface area contributed by atoms with Gasteiger partial charge < -0.3 is 19.9 Å². The first-order valence-electron chi connectivity index (χ1n) is 10.8. The summed E-state index contributed by atoms with van der Waals surface area (Å²) in [6, 6.07) is 8.45. The Kier molecular flexibility index (Phi) is 6.63. The first kappa shape index (κ1) is 22.5. The van der Waals surface area contributed by atoms with Crippen LogP contribution in [0.15, 0.2) is 41.4 Å². The number of aromatic nitrogens is 1. The molecule has 3 heterocycles. The number of amides is 1. The van der Waals surface area contributed by atoms with E-state index < -0.39 is 10.0 Å². The summed E-state index contributed by atoms with van der Waals surface area (Å²) in [6.45, 7) is 4.60. The number of sulfonamides is 1. The molecular weight excluding hydrogens is 430 g/mol. The number of carbonyl (C=O) groups is 1. The molecule has 2 saturated heterocycles. The van der Waals surface area contributed by atoms with Crippen LogP contribution >= 0.6 is 0 Å². The van der Waals surface area contributed by atoms with Gasteiger partial charge in [-0.05, 0) is 43.2 Å². The number of benzene rings is 1. The molecule has 2 aliphatic heterocycles. The molecule has 0 bridgehead atoms. The average molecular weight is 460 g/mol. The van der Waals surface area contributed by atoms with E-state index in [-0.39, 0.29) is 10.8 Å². The van der Waals surface area contributed by atoms with Crippen LogP contribution in [0.1, 0.15) is 23.2 Å². The predicted octanol–water partition coefficient (Wildman–Crippen LogP) is 2.02. The van der Waals surface area contributed by atoms with Crippen LogP contribution < -0.4 is 15.1 Å². The average Bonchev–Trinajstić information content (AvgIpc) is 3.34. The molecule has 4 rings (SSSR count). The van der Waals surface area contributed by atoms with E-state index in [2.05, 4.69) is 20.1 Å². The summed E-state index contributed by atoms with van der Waals surface area (Å²) < 4.78 is 31.8. The Bertz CT molecular complexity index is 1060. The van der Waals surface area contributed by atoms with Crippen molar-refractivity contribution in [2.24, 2.45) is 0 Å². The normalized spacial score (nSPS) is 17.1. The van der Waals surface area contributed by atoms with E-state index >= 15 is 0 Å². The largest absolute Gasteiger partial charge is 0.378 e. The molecule has 1 aromatic heterocycles. The molecule has 2 aliphatic rings. The van der Waals surface area contributed by atoms with Gasteiger partial charge in [0.2, 0.25) is 10.0 Å². The zero-order valence-corrected chi connectivity index (χ0v) is 19.3. The Morgan fingerprint density at radius 1 is 1.03 bits per heavy atom. The number of anilines is 3. The summed E-state index contributed by atoms with van der Waals surface area (Å²) in [7, 11) is -0.703. The lowest BCUT2D eigenvalue weighted by atomic mass is 10.1. The van der Waals surface area contributed by atoms with Crippen LogP contribution in [0.4, 0.5) is 17.2 Å². The van der Waals surface area contributed by atoms with Gasteiger partial charge in [0.15, 0.2) is 0 Å². The molecule has 10 heteroatoms. The summed E-state index contributed by atoms with van der Waals surface area (Å²) in [4.78, 5) is 22.1. The summed E-state index contributed by atoms with van der Waals surface area (Å²) in [5, 5.41) is 2.88. The number of rotatable bonds is 6. The van der Waals surface area contributed by atoms with Gasteiger partial charge in [-0.1, -0.05) is 0 Å². The molecule has 0 saturated carbocycles. The number of nitrogens with one attached hydrogen (secondary N) is 1. The van der Waals surface area contributed by atoms with Crippen molar-refractivity contribution in [2.75, 3.05) is 68.6 Å². The number of morpholine rings is 1. The second kappa shape index (κ2) is 9.43. The Labute approximate surface area is 189 Å². The quantitative estimate of drug-likeness (QED) is 0.706. The fraction of sp³-hybridized carbons (Fsp3) is 0.455. The number of hydrogen-bond acceptors (Lipinski definition) is 7. The van der Waals surface area contributed by atoms with Gasteiger partial charge >= 0.3 is 0 Å². The Balaban J connectivity index is 1.59. The first-order valence-corrected chi connectivity index (χ1v) is 12.2. The van der Waals surface area contributed by atoms with Crippen molar-refractivity contribution in [3.63, 3.8) is 0 Å². The molecule has 0 unspecified atom stereocenters. The van der Waals surface area contributed by atoms with E-state index in [0.717, 1.165) is 54.8 Å². The summed E-state index contributed by atoms with van der Waals surface area (Å²) >= 11 is 0. The van der Waals surface area contributed by atoms with Crippen molar-refractivity contribution < 1.29 is 17.9 Å². The van der Waals surface area contributed by atoms with E-state index in [0.29, 0.717) is 24.5 Å². The number of hydrogen-bond donors (Lipinski definition) is 1. The van der Waals surface area contributed by atoms with Crippen LogP contribution in [0.3, 0.4) is 0 Å². The smallest absolute Gasteiger partial charge is 0.257 e. The van der Waals surface area contributed by atoms with Crippen LogP contribution in [0.25, 0.3) is 0 Å². The van der Waals surface area contributed by atoms with E-state index in [1.807, 2.05) is 12.1 Å². The number of carbonyl (C=O) groups excluding carboxylic acids is 1. The lowest BCUT2D eigenvalue weighted by Crippen LogP contribution is -2.36. The third-order valence-electron chi connectivity index (χ3n) is 5.78. The molecule has 32 heavy (non-hydrogen) atoms. The standard InChI is InChI=1S/C22H29N5O4S/c1-25(2)32(29,30)18-6-7-20(26-9-3-4-10-26)19(15-18)22(28)24-17-5-8-21(23-16-17)27-11-13-31-14-12-27/h5-8,15-16H,3-4,9-14H2,1-2H3,(H,24,28). The van der Waals surface area contributed by atoms with E-state index in [9.17, 15) is 13.2 Å². The molecule has 0 atom stereocenters. The molecule has 2 aromatic rings. The van der Waals surface area contributed by atoms with Gasteiger partial charge in [-0.2, -0.15) is 0 Å². The van der Waals surface area contributed by atoms with Crippen LogP contribution in [0.2, 0.25) is 0 Å². The van der Waals surface area contributed by atoms with Gasteiger partial charge in [-0.15, -0.1) is 0 Å². The second-order valence-corrected chi connectivity index (χ2v) is 10.3. The zero-order valence-electron chi connectivity index (χ0n) is 18.5. The van der Waals surface area contributed by atoms with Crippen LogP contribution in [0, 0.1) is 0 Å². The van der Waals surface area contributed by atoms with Gasteiger partial charge in [0, 0.05) is 46.0 Å². The molecule has 0 spiro atoms. The molecule has 1 amide bonds. The first-order chi connectivity index (χ1) is 15.4. The Hall–Kier alpha value is -2.69. The highest BCUT2D eigenvalue weighted by molar-refractivity contribution is 7.89. The molecular formula is C22H29N5O4S. The highest BCUT2D eigenvalue weighted by atomic mass is 32.2. The van der Waals surface area contributed by atoms with Gasteiger partial charge in [0.05, 0.1) is 35.6 Å². The van der Waals surface area contributed by atoms with Crippen molar-refractivity contribution in [3.8, 4) is 0 Å². The minimum absolute atomic E-state index is 0.0939. The number of ether oxygens (including phenoxy) is 1. The van der Waals surface area contributed by atoms with Crippen molar-refractivity contribution >= 4 is 33.1 Å². The second-order valence-electron chi connectivity index (χ2n) is 8.12. The minimum Gasteiger partial charge on any atom is -0.378 e. The Morgan fingerprint density at radius 3 is 2.38 bits per heavy atom. The fourth-order valence-electron chi connectivity index (χ4n) is 3.94. The zero-order chi connectivity index (χ0) is 22.7. The maximum absolute atomic E-state index is 13.2. The third kappa shape index (κ3) is 4.72. The topological polar surface area (TPSA) is 95.1 Å². The number of pyridine rings is 1. The highest BCUT2D eigenvalue weighted by Crippen LogP contribution is 2.29. The van der Waals surface area contributed by atoms with Crippen molar-refractivity contribution in [3.05, 3.63) is 42.1 Å². The van der Waals surface area contributed by atoms with Crippen molar-refractivity contribution in [1.82, 2.24) is 9.29 Å². The summed E-state index contributed by atoms with van der Waals surface area (Å²) in [6.07, 6.45) is 3.72. The molecule has 9 nitrogen and oxygen atoms in total. The summed E-state index contributed by atoms with van der Waals surface area (Å²) in [5.41, 5.74) is 1.64. The molecule has 2 fully saturated rings. The molecule has 0 radical (unpaired) electrons. The highest BCUT2D eigenvalue weighted by Gasteiger charge is 2.25. The maximum atomic E-state index is 13.2. The predicted molar refractivity (Wildman–Crippen MR) is 124 cm³/mol. The van der Waals surface area contributed by atoms with Crippen molar-refractivity contribution in [2.45, 2.75) is 17.7 Å². The van der Waals surface area contributed by atoms with E-state index in [1.54, 1.807) is 18.3 Å². The maximum Gasteiger partial charge on any atom is 0.257 e. The SMILES string of the molecule is CN(C)S(=O)(=O)c1ccc(N2CCCC2)c(C(=O)Nc2ccc(N3CCOCC3)nc2)c1. The van der Waals surface area contributed by atoms with Gasteiger partial charge in [-0.3, -0.25) is 4.79 Å². The molecule has 172 valence electrons. The number of nitrogens with zero attached hydrogens (tertiary/aromatic N) is 4. The van der Waals surface area contributed by atoms with Gasteiger partial charge in [0.1, 0.15) is 5.82 Å². The lowest BCUT2D eigenvalue weighted by Gasteiger charge is -2.27. The van der Waals surface area contributed by atoms with Crippen LogP contribution in [-0.2, 0) is 14.8 Å². The molecule has 1 aromatic carbocycles. The summed E-state index contributed by atoms with van der Waals surface area (Å²) in [5.74, 6) is 0.478. The minimum atomic E-state index is -3.66. The third-order valence-corrected chi connectivity index (χ3v) is 7.59. The van der Waals surface area contributed by atoms with Gasteiger partial charge in [0.25, 0.3) is 5.91 Å². The monoisotopic (exact) mass is 459 g/mol. The molecule has 1 N–H and O–H groups in total. The van der Waals surface area contributed by atoms with E-state index in [4.69, 9.17) is 4.74 Å². The van der Waals surface area contributed by atoms with E-state index in [1.165, 1.54) is 20.2 Å².